The van der Waals surface area contributed by atoms with Gasteiger partial charge in [0, 0.05) is 31.4 Å². The van der Waals surface area contributed by atoms with Crippen molar-refractivity contribution in [1.29, 1.82) is 0 Å². The van der Waals surface area contributed by atoms with E-state index in [1.807, 2.05) is 30.3 Å². The Morgan fingerprint density at radius 1 is 1.21 bits per heavy atom. The third kappa shape index (κ3) is 3.30. The van der Waals surface area contributed by atoms with E-state index in [-0.39, 0.29) is 12.2 Å². The van der Waals surface area contributed by atoms with Gasteiger partial charge < -0.3 is 20.3 Å². The van der Waals surface area contributed by atoms with Crippen molar-refractivity contribution in [3.05, 3.63) is 42.1 Å². The summed E-state index contributed by atoms with van der Waals surface area (Å²) in [7, 11) is 0. The molecule has 0 radical (unpaired) electrons. The maximum Gasteiger partial charge on any atom is 0.273 e. The van der Waals surface area contributed by atoms with Crippen LogP contribution in [0.5, 0.6) is 0 Å². The van der Waals surface area contributed by atoms with Gasteiger partial charge in [0.15, 0.2) is 11.5 Å². The van der Waals surface area contributed by atoms with Gasteiger partial charge in [0.25, 0.3) is 5.91 Å². The maximum absolute atomic E-state index is 12.3. The third-order valence-corrected chi connectivity index (χ3v) is 4.36. The van der Waals surface area contributed by atoms with Crippen molar-refractivity contribution < 1.29 is 18.8 Å². The van der Waals surface area contributed by atoms with Gasteiger partial charge >= 0.3 is 0 Å². The summed E-state index contributed by atoms with van der Waals surface area (Å²) in [4.78, 5) is 24.1. The van der Waals surface area contributed by atoms with E-state index >= 15 is 0 Å². The summed E-state index contributed by atoms with van der Waals surface area (Å²) in [5.74, 6) is -0.305. The zero-order chi connectivity index (χ0) is 17.0. The topological polar surface area (TPSA) is 107 Å². The Morgan fingerprint density at radius 3 is 2.58 bits per heavy atom. The second-order valence-electron chi connectivity index (χ2n) is 5.88. The van der Waals surface area contributed by atoms with Crippen molar-refractivity contribution in [2.45, 2.75) is 12.8 Å². The molecule has 1 aromatic carbocycles. The van der Waals surface area contributed by atoms with Crippen LogP contribution in [0.3, 0.4) is 0 Å². The molecule has 7 nitrogen and oxygen atoms in total. The van der Waals surface area contributed by atoms with E-state index < -0.39 is 17.2 Å². The zero-order valence-corrected chi connectivity index (χ0v) is 13.2. The molecule has 3 rings (SSSR count). The van der Waals surface area contributed by atoms with Crippen LogP contribution in [-0.2, 0) is 9.53 Å². The molecular formula is C17H19N3O4. The number of nitrogens with one attached hydrogen (secondary N) is 1. The van der Waals surface area contributed by atoms with Gasteiger partial charge in [-0.25, -0.2) is 0 Å². The standard InChI is InChI=1S/C17H19N3O4/c18-16(22)17(6-8-23-9-7-17)11-19-15(21)13-10-14(24-20-13)12-4-2-1-3-5-12/h1-5,10H,6-9,11H2,(H2,18,22)(H,19,21). The SMILES string of the molecule is NC(=O)C1(CNC(=O)c2cc(-c3ccccc3)on2)CCOCC1. The smallest absolute Gasteiger partial charge is 0.273 e. The molecule has 2 amide bonds. The Hall–Kier alpha value is -2.67. The number of primary amides is 1. The van der Waals surface area contributed by atoms with Gasteiger partial charge in [-0.15, -0.1) is 0 Å². The van der Waals surface area contributed by atoms with Crippen LogP contribution in [-0.4, -0.2) is 36.7 Å². The number of carbonyl (C=O) groups excluding carboxylic acids is 2. The lowest BCUT2D eigenvalue weighted by atomic mass is 9.79. The summed E-state index contributed by atoms with van der Waals surface area (Å²) in [5.41, 5.74) is 5.77. The van der Waals surface area contributed by atoms with Crippen molar-refractivity contribution in [2.75, 3.05) is 19.8 Å². The number of benzene rings is 1. The molecule has 3 N–H and O–H groups in total. The lowest BCUT2D eigenvalue weighted by Crippen LogP contribution is -2.49. The Morgan fingerprint density at radius 2 is 1.92 bits per heavy atom. The van der Waals surface area contributed by atoms with Crippen molar-refractivity contribution in [1.82, 2.24) is 10.5 Å². The van der Waals surface area contributed by atoms with Crippen molar-refractivity contribution in [3.63, 3.8) is 0 Å². The van der Waals surface area contributed by atoms with E-state index in [2.05, 4.69) is 10.5 Å². The number of hydrogen-bond acceptors (Lipinski definition) is 5. The summed E-state index contributed by atoms with van der Waals surface area (Å²) in [6.07, 6.45) is 0.993. The minimum atomic E-state index is -0.764. The van der Waals surface area contributed by atoms with Crippen LogP contribution in [0.15, 0.2) is 40.9 Å². The quantitative estimate of drug-likeness (QED) is 0.861. The van der Waals surface area contributed by atoms with E-state index in [4.69, 9.17) is 15.0 Å². The molecule has 0 bridgehead atoms. The molecule has 24 heavy (non-hydrogen) atoms. The lowest BCUT2D eigenvalue weighted by Gasteiger charge is -2.34. The highest BCUT2D eigenvalue weighted by Crippen LogP contribution is 2.29. The van der Waals surface area contributed by atoms with Crippen molar-refractivity contribution in [2.24, 2.45) is 11.1 Å². The van der Waals surface area contributed by atoms with Gasteiger partial charge in [-0.1, -0.05) is 35.5 Å². The van der Waals surface area contributed by atoms with Crippen LogP contribution in [0.1, 0.15) is 23.3 Å². The molecule has 0 atom stereocenters. The predicted octanol–water partition coefficient (Wildman–Crippen LogP) is 1.35. The molecule has 1 aliphatic rings. The molecular weight excluding hydrogens is 310 g/mol. The fourth-order valence-corrected chi connectivity index (χ4v) is 2.73. The average molecular weight is 329 g/mol. The normalized spacial score (nSPS) is 16.5. The fourth-order valence-electron chi connectivity index (χ4n) is 2.73. The fraction of sp³-hybridized carbons (Fsp3) is 0.353. The largest absolute Gasteiger partial charge is 0.381 e. The molecule has 1 saturated heterocycles. The van der Waals surface area contributed by atoms with Gasteiger partial charge in [0.05, 0.1) is 5.41 Å². The Labute approximate surface area is 139 Å². The van der Waals surface area contributed by atoms with E-state index in [1.165, 1.54) is 0 Å². The molecule has 0 saturated carbocycles. The van der Waals surface area contributed by atoms with Crippen LogP contribution >= 0.6 is 0 Å². The van der Waals surface area contributed by atoms with Gasteiger partial charge in [-0.05, 0) is 12.8 Å². The number of hydrogen-bond donors (Lipinski definition) is 2. The molecule has 0 unspecified atom stereocenters. The molecule has 2 aromatic rings. The van der Waals surface area contributed by atoms with E-state index in [9.17, 15) is 9.59 Å². The first-order chi connectivity index (χ1) is 11.6. The Kier molecular flexibility index (Phi) is 4.61. The highest BCUT2D eigenvalue weighted by atomic mass is 16.5. The Balaban J connectivity index is 1.67. The first kappa shape index (κ1) is 16.2. The first-order valence-corrected chi connectivity index (χ1v) is 7.79. The van der Waals surface area contributed by atoms with Crippen molar-refractivity contribution >= 4 is 11.8 Å². The van der Waals surface area contributed by atoms with Crippen molar-refractivity contribution in [3.8, 4) is 11.3 Å². The zero-order valence-electron chi connectivity index (χ0n) is 13.2. The monoisotopic (exact) mass is 329 g/mol. The van der Waals surface area contributed by atoms with Crippen LogP contribution < -0.4 is 11.1 Å². The lowest BCUT2D eigenvalue weighted by molar-refractivity contribution is -0.132. The van der Waals surface area contributed by atoms with Gasteiger partial charge in [-0.2, -0.15) is 0 Å². The number of amides is 2. The number of nitrogens with zero attached hydrogens (tertiary/aromatic N) is 1. The number of nitrogens with two attached hydrogens (primary N) is 1. The molecule has 126 valence electrons. The second kappa shape index (κ2) is 6.84. The van der Waals surface area contributed by atoms with Gasteiger partial charge in [0.2, 0.25) is 5.91 Å². The molecule has 1 aliphatic heterocycles. The van der Waals surface area contributed by atoms with E-state index in [0.717, 1.165) is 5.56 Å². The second-order valence-corrected chi connectivity index (χ2v) is 5.88. The summed E-state index contributed by atoms with van der Waals surface area (Å²) >= 11 is 0. The predicted molar refractivity (Wildman–Crippen MR) is 86.0 cm³/mol. The van der Waals surface area contributed by atoms with E-state index in [0.29, 0.717) is 31.8 Å². The van der Waals surface area contributed by atoms with Crippen LogP contribution in [0.25, 0.3) is 11.3 Å². The summed E-state index contributed by atoms with van der Waals surface area (Å²) in [6, 6.07) is 11.0. The molecule has 2 heterocycles. The highest BCUT2D eigenvalue weighted by Gasteiger charge is 2.38. The molecule has 1 aromatic heterocycles. The number of ether oxygens (including phenoxy) is 1. The third-order valence-electron chi connectivity index (χ3n) is 4.36. The van der Waals surface area contributed by atoms with E-state index in [1.54, 1.807) is 6.07 Å². The first-order valence-electron chi connectivity index (χ1n) is 7.79. The number of aromatic nitrogens is 1. The molecule has 0 aliphatic carbocycles. The molecule has 7 heteroatoms. The molecule has 1 fully saturated rings. The summed E-state index contributed by atoms with van der Waals surface area (Å²) < 4.78 is 10.5. The Bertz CT molecular complexity index is 720. The van der Waals surface area contributed by atoms with Gasteiger partial charge in [-0.3, -0.25) is 9.59 Å². The molecule has 0 spiro atoms. The maximum atomic E-state index is 12.3. The van der Waals surface area contributed by atoms with Gasteiger partial charge in [0.1, 0.15) is 0 Å². The summed E-state index contributed by atoms with van der Waals surface area (Å²) in [5, 5.41) is 6.53. The van der Waals surface area contributed by atoms with Crippen LogP contribution in [0.2, 0.25) is 0 Å². The van der Waals surface area contributed by atoms with Crippen LogP contribution in [0.4, 0.5) is 0 Å². The highest BCUT2D eigenvalue weighted by molar-refractivity contribution is 5.93. The van der Waals surface area contributed by atoms with Crippen LogP contribution in [0, 0.1) is 5.41 Å². The minimum absolute atomic E-state index is 0.165. The number of rotatable bonds is 5. The minimum Gasteiger partial charge on any atom is -0.381 e. The summed E-state index contributed by atoms with van der Waals surface area (Å²) in [6.45, 7) is 1.08. The number of carbonyl (C=O) groups is 2. The average Bonchev–Trinajstić information content (AvgIpc) is 3.11.